The van der Waals surface area contributed by atoms with Gasteiger partial charge in [0.25, 0.3) is 0 Å². The summed E-state index contributed by atoms with van der Waals surface area (Å²) in [6, 6.07) is 6.68. The van der Waals surface area contributed by atoms with E-state index in [0.29, 0.717) is 11.8 Å². The molecule has 0 spiro atoms. The summed E-state index contributed by atoms with van der Waals surface area (Å²) in [6.07, 6.45) is 2.28. The predicted octanol–water partition coefficient (Wildman–Crippen LogP) is 7.07. The minimum Gasteiger partial charge on any atom is -0.359 e. The fourth-order valence-electron chi connectivity index (χ4n) is 2.99. The van der Waals surface area contributed by atoms with E-state index < -0.39 is 8.07 Å². The molecule has 0 saturated heterocycles. The van der Waals surface area contributed by atoms with Crippen molar-refractivity contribution in [2.24, 2.45) is 0 Å². The minimum absolute atomic E-state index is 0.516. The van der Waals surface area contributed by atoms with Gasteiger partial charge >= 0.3 is 0 Å². The van der Waals surface area contributed by atoms with Crippen LogP contribution < -0.4 is 5.32 Å². The topological polar surface area (TPSA) is 12.0 Å². The second kappa shape index (κ2) is 8.01. The van der Waals surface area contributed by atoms with Crippen LogP contribution in [0.3, 0.4) is 0 Å². The van der Waals surface area contributed by atoms with Crippen LogP contribution in [0.25, 0.3) is 0 Å². The number of allylic oxidation sites excluding steroid dienone is 3. The van der Waals surface area contributed by atoms with Crippen molar-refractivity contribution in [3.63, 3.8) is 0 Å². The van der Waals surface area contributed by atoms with Crippen molar-refractivity contribution in [3.05, 3.63) is 52.4 Å². The number of hydrogen-bond acceptors (Lipinski definition) is 1. The molecule has 0 atom stereocenters. The molecular formula is C21H35NSi. The summed E-state index contributed by atoms with van der Waals surface area (Å²) >= 11 is 0. The normalized spacial score (nSPS) is 13.9. The van der Waals surface area contributed by atoms with Crippen LogP contribution in [0.5, 0.6) is 0 Å². The third kappa shape index (κ3) is 6.38. The summed E-state index contributed by atoms with van der Waals surface area (Å²) in [5.74, 6) is 1.03. The zero-order chi connectivity index (χ0) is 17.8. The lowest BCUT2D eigenvalue weighted by molar-refractivity contribution is 0.837. The van der Waals surface area contributed by atoms with Gasteiger partial charge in [-0.1, -0.05) is 76.8 Å². The van der Waals surface area contributed by atoms with E-state index in [4.69, 9.17) is 0 Å². The molecule has 0 radical (unpaired) electrons. The fourth-order valence-corrected chi connectivity index (χ4v) is 4.44. The van der Waals surface area contributed by atoms with Crippen molar-refractivity contribution in [2.45, 2.75) is 73.0 Å². The van der Waals surface area contributed by atoms with E-state index in [2.05, 4.69) is 96.5 Å². The van der Waals surface area contributed by atoms with Gasteiger partial charge in [-0.3, -0.25) is 0 Å². The molecule has 1 rings (SSSR count). The molecule has 128 valence electrons. The molecule has 1 aromatic rings. The van der Waals surface area contributed by atoms with Crippen LogP contribution in [-0.4, -0.2) is 8.07 Å². The lowest BCUT2D eigenvalue weighted by Crippen LogP contribution is -2.16. The fraction of sp³-hybridized carbons (Fsp3) is 0.524. The standard InChI is InChI=1S/C21H35NSi/c1-15(2)19-11-10-12-20(16(3)4)21(19)22-18(6)13-17(5)14-23(7,8)9/h10-16,22H,1-9H3/b17-14+,18-13+. The van der Waals surface area contributed by atoms with E-state index >= 15 is 0 Å². The van der Waals surface area contributed by atoms with Crippen molar-refractivity contribution in [1.29, 1.82) is 0 Å². The van der Waals surface area contributed by atoms with Crippen LogP contribution in [0.4, 0.5) is 5.69 Å². The Balaban J connectivity index is 3.19. The number of para-hydroxylation sites is 1. The summed E-state index contributed by atoms with van der Waals surface area (Å²) in [5.41, 5.74) is 9.13. The molecule has 1 nitrogen and oxygen atoms in total. The van der Waals surface area contributed by atoms with Crippen molar-refractivity contribution < 1.29 is 0 Å². The molecule has 1 N–H and O–H groups in total. The third-order valence-electron chi connectivity index (χ3n) is 3.80. The SMILES string of the molecule is CC(=C\[Si](C)(C)C)/C=C(\C)Nc1c(C(C)C)cccc1C(C)C. The summed E-state index contributed by atoms with van der Waals surface area (Å²) in [6.45, 7) is 20.6. The van der Waals surface area contributed by atoms with Crippen LogP contribution in [0.15, 0.2) is 41.2 Å². The first-order valence-electron chi connectivity index (χ1n) is 8.79. The third-order valence-corrected chi connectivity index (χ3v) is 5.12. The Hall–Kier alpha value is -1.28. The molecule has 0 saturated carbocycles. The molecular weight excluding hydrogens is 294 g/mol. The maximum absolute atomic E-state index is 3.69. The number of benzene rings is 1. The highest BCUT2D eigenvalue weighted by Crippen LogP contribution is 2.33. The predicted molar refractivity (Wildman–Crippen MR) is 109 cm³/mol. The van der Waals surface area contributed by atoms with E-state index in [-0.39, 0.29) is 0 Å². The van der Waals surface area contributed by atoms with Gasteiger partial charge in [0, 0.05) is 11.4 Å². The van der Waals surface area contributed by atoms with Crippen LogP contribution in [0.1, 0.15) is 64.5 Å². The molecule has 0 amide bonds. The maximum Gasteiger partial charge on any atom is 0.0690 e. The van der Waals surface area contributed by atoms with Gasteiger partial charge < -0.3 is 5.32 Å². The Morgan fingerprint density at radius 3 is 1.83 bits per heavy atom. The van der Waals surface area contributed by atoms with Crippen molar-refractivity contribution in [2.75, 3.05) is 5.32 Å². The Bertz CT molecular complexity index is 560. The highest BCUT2D eigenvalue weighted by Gasteiger charge is 2.14. The highest BCUT2D eigenvalue weighted by atomic mass is 28.3. The van der Waals surface area contributed by atoms with Gasteiger partial charge in [-0.15, -0.1) is 0 Å². The number of hydrogen-bond donors (Lipinski definition) is 1. The van der Waals surface area contributed by atoms with Crippen LogP contribution in [0.2, 0.25) is 19.6 Å². The average molecular weight is 330 g/mol. The average Bonchev–Trinajstić information content (AvgIpc) is 2.35. The maximum atomic E-state index is 3.69. The Morgan fingerprint density at radius 2 is 1.43 bits per heavy atom. The van der Waals surface area contributed by atoms with E-state index in [9.17, 15) is 0 Å². The van der Waals surface area contributed by atoms with Gasteiger partial charge in [0.15, 0.2) is 0 Å². The van der Waals surface area contributed by atoms with Gasteiger partial charge in [-0.2, -0.15) is 0 Å². The smallest absolute Gasteiger partial charge is 0.0690 e. The van der Waals surface area contributed by atoms with Gasteiger partial charge in [0.2, 0.25) is 0 Å². The second-order valence-electron chi connectivity index (χ2n) is 8.33. The molecule has 0 fully saturated rings. The first-order valence-corrected chi connectivity index (χ1v) is 12.4. The van der Waals surface area contributed by atoms with E-state index in [0.717, 1.165) is 0 Å². The molecule has 0 aliphatic heterocycles. The molecule has 2 heteroatoms. The zero-order valence-electron chi connectivity index (χ0n) is 16.5. The first-order chi connectivity index (χ1) is 10.5. The summed E-state index contributed by atoms with van der Waals surface area (Å²) in [7, 11) is -1.17. The van der Waals surface area contributed by atoms with Crippen LogP contribution in [-0.2, 0) is 0 Å². The largest absolute Gasteiger partial charge is 0.359 e. The zero-order valence-corrected chi connectivity index (χ0v) is 17.5. The van der Waals surface area contributed by atoms with E-state index in [1.807, 2.05) is 0 Å². The van der Waals surface area contributed by atoms with E-state index in [1.54, 1.807) is 0 Å². The van der Waals surface area contributed by atoms with Crippen LogP contribution >= 0.6 is 0 Å². The molecule has 1 aromatic carbocycles. The summed E-state index contributed by atoms with van der Waals surface area (Å²) < 4.78 is 0. The van der Waals surface area contributed by atoms with Crippen molar-refractivity contribution in [3.8, 4) is 0 Å². The molecule has 0 aromatic heterocycles. The number of anilines is 1. The van der Waals surface area contributed by atoms with Gasteiger partial charge in [0.1, 0.15) is 0 Å². The molecule has 23 heavy (non-hydrogen) atoms. The minimum atomic E-state index is -1.17. The quantitative estimate of drug-likeness (QED) is 0.434. The lowest BCUT2D eigenvalue weighted by atomic mass is 9.92. The monoisotopic (exact) mass is 329 g/mol. The van der Waals surface area contributed by atoms with Crippen molar-refractivity contribution >= 4 is 13.8 Å². The second-order valence-corrected chi connectivity index (χ2v) is 13.3. The Labute approximate surface area is 144 Å². The molecule has 0 bridgehead atoms. The van der Waals surface area contributed by atoms with Gasteiger partial charge in [-0.25, -0.2) is 0 Å². The van der Waals surface area contributed by atoms with E-state index in [1.165, 1.54) is 28.1 Å². The van der Waals surface area contributed by atoms with Gasteiger partial charge in [0.05, 0.1) is 8.07 Å². The lowest BCUT2D eigenvalue weighted by Gasteiger charge is -2.21. The van der Waals surface area contributed by atoms with Crippen LogP contribution in [0, 0.1) is 0 Å². The number of rotatable bonds is 6. The molecule has 0 aliphatic rings. The highest BCUT2D eigenvalue weighted by molar-refractivity contribution is 6.81. The summed E-state index contributed by atoms with van der Waals surface area (Å²) in [4.78, 5) is 0. The van der Waals surface area contributed by atoms with Gasteiger partial charge in [-0.05, 0) is 42.9 Å². The molecule has 0 unspecified atom stereocenters. The molecule has 0 aliphatic carbocycles. The summed E-state index contributed by atoms with van der Waals surface area (Å²) in [5, 5.41) is 3.69. The number of nitrogens with one attached hydrogen (secondary N) is 1. The Kier molecular flexibility index (Phi) is 6.88. The first kappa shape index (κ1) is 19.8. The molecule has 0 heterocycles. The Morgan fingerprint density at radius 1 is 0.957 bits per heavy atom. The van der Waals surface area contributed by atoms with Crippen molar-refractivity contribution in [1.82, 2.24) is 0 Å².